The molecule has 1 N–H and O–H groups in total. The van der Waals surface area contributed by atoms with E-state index < -0.39 is 5.97 Å². The molecule has 0 saturated heterocycles. The second-order valence-corrected chi connectivity index (χ2v) is 3.67. The SMILES string of the molecule is Cn1nc(CCC(=O)O)cc1-c1cncnc1. The highest BCUT2D eigenvalue weighted by Gasteiger charge is 2.08. The summed E-state index contributed by atoms with van der Waals surface area (Å²) in [6, 6.07) is 1.86. The van der Waals surface area contributed by atoms with Crippen LogP contribution in [0.5, 0.6) is 0 Å². The fraction of sp³-hybridized carbons (Fsp3) is 0.273. The summed E-state index contributed by atoms with van der Waals surface area (Å²) in [6.45, 7) is 0. The van der Waals surface area contributed by atoms with Crippen molar-refractivity contribution >= 4 is 5.97 Å². The Morgan fingerprint density at radius 3 is 2.76 bits per heavy atom. The van der Waals surface area contributed by atoms with Gasteiger partial charge in [0.1, 0.15) is 6.33 Å². The molecule has 17 heavy (non-hydrogen) atoms. The molecular weight excluding hydrogens is 220 g/mol. The summed E-state index contributed by atoms with van der Waals surface area (Å²) in [5, 5.41) is 12.9. The number of hydrogen-bond acceptors (Lipinski definition) is 4. The Balaban J connectivity index is 2.22. The third kappa shape index (κ3) is 2.66. The van der Waals surface area contributed by atoms with E-state index in [0.717, 1.165) is 17.0 Å². The maximum absolute atomic E-state index is 10.5. The van der Waals surface area contributed by atoms with Crippen molar-refractivity contribution in [2.45, 2.75) is 12.8 Å². The summed E-state index contributed by atoms with van der Waals surface area (Å²) in [4.78, 5) is 18.4. The van der Waals surface area contributed by atoms with E-state index in [0.29, 0.717) is 6.42 Å². The van der Waals surface area contributed by atoms with Gasteiger partial charge in [0.2, 0.25) is 0 Å². The molecule has 0 amide bonds. The molecule has 88 valence electrons. The Kier molecular flexibility index (Phi) is 3.13. The lowest BCUT2D eigenvalue weighted by molar-refractivity contribution is -0.136. The lowest BCUT2D eigenvalue weighted by Crippen LogP contribution is -1.99. The number of nitrogens with zero attached hydrogens (tertiary/aromatic N) is 4. The van der Waals surface area contributed by atoms with Crippen molar-refractivity contribution in [2.24, 2.45) is 7.05 Å². The fourth-order valence-electron chi connectivity index (χ4n) is 1.59. The van der Waals surface area contributed by atoms with Gasteiger partial charge in [0, 0.05) is 31.4 Å². The molecule has 0 aliphatic heterocycles. The van der Waals surface area contributed by atoms with Crippen molar-refractivity contribution in [1.29, 1.82) is 0 Å². The van der Waals surface area contributed by atoms with Crippen LogP contribution in [0.1, 0.15) is 12.1 Å². The lowest BCUT2D eigenvalue weighted by atomic mass is 10.2. The van der Waals surface area contributed by atoms with Gasteiger partial charge in [-0.15, -0.1) is 0 Å². The van der Waals surface area contributed by atoms with Crippen molar-refractivity contribution < 1.29 is 9.90 Å². The molecule has 6 heteroatoms. The quantitative estimate of drug-likeness (QED) is 0.846. The van der Waals surface area contributed by atoms with Crippen LogP contribution in [0.15, 0.2) is 24.8 Å². The molecule has 0 aliphatic carbocycles. The van der Waals surface area contributed by atoms with Crippen LogP contribution in [-0.4, -0.2) is 30.8 Å². The Labute approximate surface area is 98.0 Å². The fourth-order valence-corrected chi connectivity index (χ4v) is 1.59. The predicted octanol–water partition coefficient (Wildman–Crippen LogP) is 0.894. The van der Waals surface area contributed by atoms with Crippen molar-refractivity contribution in [3.8, 4) is 11.3 Å². The van der Waals surface area contributed by atoms with E-state index in [1.165, 1.54) is 6.33 Å². The van der Waals surface area contributed by atoms with Crippen LogP contribution in [0, 0.1) is 0 Å². The number of aliphatic carboxylic acids is 1. The van der Waals surface area contributed by atoms with Crippen molar-refractivity contribution in [2.75, 3.05) is 0 Å². The van der Waals surface area contributed by atoms with E-state index in [1.807, 2.05) is 13.1 Å². The molecular formula is C11H12N4O2. The summed E-state index contributed by atoms with van der Waals surface area (Å²) < 4.78 is 1.70. The molecule has 2 heterocycles. The number of aromatic nitrogens is 4. The average Bonchev–Trinajstić information content (AvgIpc) is 2.69. The second kappa shape index (κ2) is 4.73. The van der Waals surface area contributed by atoms with Crippen LogP contribution in [0.4, 0.5) is 0 Å². The Morgan fingerprint density at radius 1 is 1.41 bits per heavy atom. The number of aryl methyl sites for hydroxylation is 2. The molecule has 2 rings (SSSR count). The van der Waals surface area contributed by atoms with E-state index in [4.69, 9.17) is 5.11 Å². The molecule has 0 aromatic carbocycles. The minimum Gasteiger partial charge on any atom is -0.481 e. The van der Waals surface area contributed by atoms with Crippen LogP contribution in [0.2, 0.25) is 0 Å². The maximum Gasteiger partial charge on any atom is 0.303 e. The first kappa shape index (κ1) is 11.3. The molecule has 0 atom stereocenters. The van der Waals surface area contributed by atoms with Crippen LogP contribution in [0.25, 0.3) is 11.3 Å². The number of carboxylic acid groups (broad SMARTS) is 1. The van der Waals surface area contributed by atoms with E-state index >= 15 is 0 Å². The highest BCUT2D eigenvalue weighted by molar-refractivity contribution is 5.67. The first-order valence-corrected chi connectivity index (χ1v) is 5.17. The normalized spacial score (nSPS) is 10.4. The highest BCUT2D eigenvalue weighted by Crippen LogP contribution is 2.18. The zero-order valence-electron chi connectivity index (χ0n) is 9.37. The number of carboxylic acids is 1. The minimum atomic E-state index is -0.819. The van der Waals surface area contributed by atoms with Gasteiger partial charge in [0.05, 0.1) is 17.8 Å². The monoisotopic (exact) mass is 232 g/mol. The van der Waals surface area contributed by atoms with Gasteiger partial charge in [0.25, 0.3) is 0 Å². The summed E-state index contributed by atoms with van der Waals surface area (Å²) in [7, 11) is 1.81. The Hall–Kier alpha value is -2.24. The minimum absolute atomic E-state index is 0.0851. The summed E-state index contributed by atoms with van der Waals surface area (Å²) in [6.07, 6.45) is 5.37. The van der Waals surface area contributed by atoms with Crippen LogP contribution < -0.4 is 0 Å². The molecule has 0 spiro atoms. The molecule has 0 bridgehead atoms. The van der Waals surface area contributed by atoms with Gasteiger partial charge in [0.15, 0.2) is 0 Å². The average molecular weight is 232 g/mol. The molecule has 2 aromatic heterocycles. The molecule has 0 unspecified atom stereocenters. The van der Waals surface area contributed by atoms with Gasteiger partial charge in [-0.1, -0.05) is 0 Å². The Morgan fingerprint density at radius 2 is 2.12 bits per heavy atom. The van der Waals surface area contributed by atoms with Crippen molar-refractivity contribution in [3.63, 3.8) is 0 Å². The van der Waals surface area contributed by atoms with E-state index in [2.05, 4.69) is 15.1 Å². The topological polar surface area (TPSA) is 80.9 Å². The van der Waals surface area contributed by atoms with E-state index in [9.17, 15) is 4.79 Å². The smallest absolute Gasteiger partial charge is 0.303 e. The van der Waals surface area contributed by atoms with Gasteiger partial charge in [-0.25, -0.2) is 9.97 Å². The summed E-state index contributed by atoms with van der Waals surface area (Å²) >= 11 is 0. The first-order chi connectivity index (χ1) is 8.16. The molecule has 0 saturated carbocycles. The predicted molar refractivity (Wildman–Crippen MR) is 60.2 cm³/mol. The van der Waals surface area contributed by atoms with Crippen molar-refractivity contribution in [3.05, 3.63) is 30.5 Å². The number of hydrogen-bond donors (Lipinski definition) is 1. The van der Waals surface area contributed by atoms with Crippen LogP contribution >= 0.6 is 0 Å². The lowest BCUT2D eigenvalue weighted by Gasteiger charge is -1.98. The van der Waals surface area contributed by atoms with Gasteiger partial charge in [-0.2, -0.15) is 5.10 Å². The van der Waals surface area contributed by atoms with E-state index in [1.54, 1.807) is 17.1 Å². The maximum atomic E-state index is 10.5. The van der Waals surface area contributed by atoms with Gasteiger partial charge in [-0.05, 0) is 6.07 Å². The van der Waals surface area contributed by atoms with Crippen molar-refractivity contribution in [1.82, 2.24) is 19.7 Å². The standard InChI is InChI=1S/C11H12N4O2/c1-15-10(8-5-12-7-13-6-8)4-9(14-15)2-3-11(16)17/h4-7H,2-3H2,1H3,(H,16,17). The van der Waals surface area contributed by atoms with Crippen LogP contribution in [0.3, 0.4) is 0 Å². The Bertz CT molecular complexity index is 522. The molecule has 2 aromatic rings. The van der Waals surface area contributed by atoms with Gasteiger partial charge in [-0.3, -0.25) is 9.48 Å². The molecule has 6 nitrogen and oxygen atoms in total. The zero-order chi connectivity index (χ0) is 12.3. The first-order valence-electron chi connectivity index (χ1n) is 5.17. The van der Waals surface area contributed by atoms with Crippen LogP contribution in [-0.2, 0) is 18.3 Å². The third-order valence-electron chi connectivity index (χ3n) is 2.38. The number of carbonyl (C=O) groups is 1. The van der Waals surface area contributed by atoms with E-state index in [-0.39, 0.29) is 6.42 Å². The zero-order valence-corrected chi connectivity index (χ0v) is 9.37. The van der Waals surface area contributed by atoms with Gasteiger partial charge < -0.3 is 5.11 Å². The number of rotatable bonds is 4. The molecule has 0 fully saturated rings. The van der Waals surface area contributed by atoms with Gasteiger partial charge >= 0.3 is 5.97 Å². The largest absolute Gasteiger partial charge is 0.481 e. The third-order valence-corrected chi connectivity index (χ3v) is 2.38. The summed E-state index contributed by atoms with van der Waals surface area (Å²) in [5.74, 6) is -0.819. The second-order valence-electron chi connectivity index (χ2n) is 3.67. The summed E-state index contributed by atoms with van der Waals surface area (Å²) in [5.41, 5.74) is 2.50. The molecule has 0 aliphatic rings. The highest BCUT2D eigenvalue weighted by atomic mass is 16.4. The molecule has 0 radical (unpaired) electrons.